The van der Waals surface area contributed by atoms with Crippen LogP contribution in [0.4, 0.5) is 11.4 Å². The fourth-order valence-corrected chi connectivity index (χ4v) is 1.13. The number of nitrogens with zero attached hydrogens (tertiary/aromatic N) is 1. The number of hydrogen-bond donors (Lipinski definition) is 3. The second kappa shape index (κ2) is 4.92. The van der Waals surface area contributed by atoms with Gasteiger partial charge in [-0.05, 0) is 6.07 Å². The Morgan fingerprint density at radius 2 is 2.06 bits per heavy atom. The standard InChI is InChI=1S/C9H8N2O6/c12-6-3-1-2-5(11(16)17)9(6)10-7(13)4-8(14)15/h1-3,12H,4H2,(H,10,13)(H,14,15). The molecule has 0 aromatic heterocycles. The lowest BCUT2D eigenvalue weighted by atomic mass is 10.2. The summed E-state index contributed by atoms with van der Waals surface area (Å²) in [4.78, 5) is 31.2. The predicted octanol–water partition coefficient (Wildman–Crippen LogP) is 0.714. The number of nitro benzene ring substituents is 1. The lowest BCUT2D eigenvalue weighted by Gasteiger charge is -2.06. The predicted molar refractivity (Wildman–Crippen MR) is 55.6 cm³/mol. The number of amides is 1. The van der Waals surface area contributed by atoms with E-state index in [0.29, 0.717) is 0 Å². The largest absolute Gasteiger partial charge is 0.505 e. The number of phenols is 1. The Kier molecular flexibility index (Phi) is 3.60. The molecule has 0 heterocycles. The van der Waals surface area contributed by atoms with Crippen molar-refractivity contribution in [3.8, 4) is 5.75 Å². The van der Waals surface area contributed by atoms with Crippen LogP contribution in [0.3, 0.4) is 0 Å². The van der Waals surface area contributed by atoms with Crippen molar-refractivity contribution in [1.29, 1.82) is 0 Å². The van der Waals surface area contributed by atoms with Gasteiger partial charge in [0.15, 0.2) is 5.69 Å². The van der Waals surface area contributed by atoms with Crippen molar-refractivity contribution >= 4 is 23.3 Å². The molecule has 0 aliphatic rings. The summed E-state index contributed by atoms with van der Waals surface area (Å²) in [6.45, 7) is 0. The third-order valence-corrected chi connectivity index (χ3v) is 1.79. The molecule has 90 valence electrons. The number of aliphatic carboxylic acids is 1. The maximum atomic E-state index is 11.1. The van der Waals surface area contributed by atoms with Crippen LogP contribution in [-0.4, -0.2) is 27.0 Å². The zero-order chi connectivity index (χ0) is 13.0. The van der Waals surface area contributed by atoms with Crippen LogP contribution >= 0.6 is 0 Å². The second-order valence-corrected chi connectivity index (χ2v) is 3.05. The average molecular weight is 240 g/mol. The van der Waals surface area contributed by atoms with Crippen molar-refractivity contribution in [2.45, 2.75) is 6.42 Å². The summed E-state index contributed by atoms with van der Waals surface area (Å²) in [5.41, 5.74) is -0.924. The molecule has 1 amide bonds. The van der Waals surface area contributed by atoms with E-state index in [1.807, 2.05) is 5.32 Å². The molecular formula is C9H8N2O6. The van der Waals surface area contributed by atoms with Gasteiger partial charge in [-0.25, -0.2) is 0 Å². The maximum Gasteiger partial charge on any atom is 0.312 e. The number of benzene rings is 1. The fraction of sp³-hybridized carbons (Fsp3) is 0.111. The van der Waals surface area contributed by atoms with Crippen LogP contribution in [0, 0.1) is 10.1 Å². The van der Waals surface area contributed by atoms with Gasteiger partial charge in [0.05, 0.1) is 4.92 Å². The molecule has 8 heteroatoms. The highest BCUT2D eigenvalue weighted by Gasteiger charge is 2.20. The number of rotatable bonds is 4. The molecule has 0 radical (unpaired) electrons. The number of carboxylic acids is 1. The van der Waals surface area contributed by atoms with E-state index in [-0.39, 0.29) is 0 Å². The molecule has 1 aromatic rings. The van der Waals surface area contributed by atoms with Crippen molar-refractivity contribution in [1.82, 2.24) is 0 Å². The minimum Gasteiger partial charge on any atom is -0.505 e. The van der Waals surface area contributed by atoms with Crippen LogP contribution in [0.25, 0.3) is 0 Å². The Balaban J connectivity index is 3.01. The first-order valence-electron chi connectivity index (χ1n) is 4.40. The Morgan fingerprint density at radius 1 is 1.41 bits per heavy atom. The smallest absolute Gasteiger partial charge is 0.312 e. The zero-order valence-electron chi connectivity index (χ0n) is 8.41. The van der Waals surface area contributed by atoms with E-state index >= 15 is 0 Å². The van der Waals surface area contributed by atoms with Gasteiger partial charge in [-0.15, -0.1) is 0 Å². The van der Waals surface area contributed by atoms with Crippen molar-refractivity contribution in [3.05, 3.63) is 28.3 Å². The SMILES string of the molecule is O=C(O)CC(=O)Nc1c(O)cccc1[N+](=O)[O-]. The molecular weight excluding hydrogens is 232 g/mol. The monoisotopic (exact) mass is 240 g/mol. The number of carbonyl (C=O) groups is 2. The molecule has 0 unspecified atom stereocenters. The topological polar surface area (TPSA) is 130 Å². The molecule has 0 saturated heterocycles. The number of carboxylic acid groups (broad SMARTS) is 1. The third kappa shape index (κ3) is 3.16. The number of aromatic hydroxyl groups is 1. The fourth-order valence-electron chi connectivity index (χ4n) is 1.13. The minimum absolute atomic E-state index is 0.413. The van der Waals surface area contributed by atoms with Gasteiger partial charge in [0, 0.05) is 6.07 Å². The van der Waals surface area contributed by atoms with E-state index in [0.717, 1.165) is 12.1 Å². The second-order valence-electron chi connectivity index (χ2n) is 3.05. The minimum atomic E-state index is -1.37. The molecule has 0 aliphatic carbocycles. The van der Waals surface area contributed by atoms with Gasteiger partial charge >= 0.3 is 5.97 Å². The van der Waals surface area contributed by atoms with Gasteiger partial charge < -0.3 is 15.5 Å². The maximum absolute atomic E-state index is 11.1. The summed E-state index contributed by atoms with van der Waals surface area (Å²) in [5.74, 6) is -2.83. The zero-order valence-corrected chi connectivity index (χ0v) is 8.41. The summed E-state index contributed by atoms with van der Waals surface area (Å²) in [5, 5.41) is 30.3. The quantitative estimate of drug-likeness (QED) is 0.307. The van der Waals surface area contributed by atoms with Crippen molar-refractivity contribution < 1.29 is 24.7 Å². The number of para-hydroxylation sites is 1. The van der Waals surface area contributed by atoms with E-state index < -0.39 is 40.3 Å². The van der Waals surface area contributed by atoms with Crippen LogP contribution in [-0.2, 0) is 9.59 Å². The number of nitrogens with one attached hydrogen (secondary N) is 1. The van der Waals surface area contributed by atoms with E-state index in [1.165, 1.54) is 6.07 Å². The normalized spacial score (nSPS) is 9.65. The molecule has 17 heavy (non-hydrogen) atoms. The van der Waals surface area contributed by atoms with Crippen LogP contribution in [0.2, 0.25) is 0 Å². The van der Waals surface area contributed by atoms with Gasteiger partial charge in [-0.3, -0.25) is 19.7 Å². The van der Waals surface area contributed by atoms with E-state index in [1.54, 1.807) is 0 Å². The summed E-state index contributed by atoms with van der Waals surface area (Å²) < 4.78 is 0. The average Bonchev–Trinajstić information content (AvgIpc) is 2.19. The van der Waals surface area contributed by atoms with Crippen molar-refractivity contribution in [2.24, 2.45) is 0 Å². The van der Waals surface area contributed by atoms with E-state index in [2.05, 4.69) is 0 Å². The number of hydrogen-bond acceptors (Lipinski definition) is 5. The van der Waals surface area contributed by atoms with Gasteiger partial charge in [-0.2, -0.15) is 0 Å². The summed E-state index contributed by atoms with van der Waals surface area (Å²) in [6, 6.07) is 3.46. The molecule has 1 rings (SSSR count). The third-order valence-electron chi connectivity index (χ3n) is 1.79. The van der Waals surface area contributed by atoms with E-state index in [4.69, 9.17) is 5.11 Å². The van der Waals surface area contributed by atoms with Crippen LogP contribution < -0.4 is 5.32 Å². The number of carbonyl (C=O) groups excluding carboxylic acids is 1. The highest BCUT2D eigenvalue weighted by molar-refractivity contribution is 6.03. The first-order valence-corrected chi connectivity index (χ1v) is 4.40. The number of nitro groups is 1. The molecule has 1 aromatic carbocycles. The molecule has 0 aliphatic heterocycles. The van der Waals surface area contributed by atoms with Crippen LogP contribution in [0.5, 0.6) is 5.75 Å². The first-order chi connectivity index (χ1) is 7.91. The van der Waals surface area contributed by atoms with Gasteiger partial charge in [0.25, 0.3) is 5.69 Å². The molecule has 8 nitrogen and oxygen atoms in total. The molecule has 3 N–H and O–H groups in total. The molecule has 0 atom stereocenters. The lowest BCUT2D eigenvalue weighted by Crippen LogP contribution is -2.16. The van der Waals surface area contributed by atoms with Crippen LogP contribution in [0.1, 0.15) is 6.42 Å². The van der Waals surface area contributed by atoms with Gasteiger partial charge in [0.1, 0.15) is 12.2 Å². The molecule has 0 saturated carbocycles. The van der Waals surface area contributed by atoms with Gasteiger partial charge in [-0.1, -0.05) is 6.07 Å². The Labute approximate surface area is 94.6 Å². The van der Waals surface area contributed by atoms with E-state index in [9.17, 15) is 24.8 Å². The summed E-state index contributed by atoms with van der Waals surface area (Å²) in [7, 11) is 0. The number of phenolic OH excluding ortho intramolecular Hbond substituents is 1. The number of anilines is 1. The van der Waals surface area contributed by atoms with Crippen molar-refractivity contribution in [3.63, 3.8) is 0 Å². The molecule has 0 bridgehead atoms. The van der Waals surface area contributed by atoms with Crippen molar-refractivity contribution in [2.75, 3.05) is 5.32 Å². The highest BCUT2D eigenvalue weighted by atomic mass is 16.6. The first kappa shape index (κ1) is 12.4. The summed E-state index contributed by atoms with van der Waals surface area (Å²) >= 11 is 0. The Morgan fingerprint density at radius 3 is 2.59 bits per heavy atom. The Bertz CT molecular complexity index is 484. The van der Waals surface area contributed by atoms with Gasteiger partial charge in [0.2, 0.25) is 5.91 Å². The molecule has 0 fully saturated rings. The van der Waals surface area contributed by atoms with Crippen LogP contribution in [0.15, 0.2) is 18.2 Å². The highest BCUT2D eigenvalue weighted by Crippen LogP contribution is 2.32. The summed E-state index contributed by atoms with van der Waals surface area (Å²) in [6.07, 6.45) is -0.842. The Hall–Kier alpha value is -2.64. The molecule has 0 spiro atoms. The lowest BCUT2D eigenvalue weighted by molar-refractivity contribution is -0.384.